The number of anilines is 2. The monoisotopic (exact) mass is 293 g/mol. The van der Waals surface area contributed by atoms with Crippen LogP contribution in [0.15, 0.2) is 48.7 Å². The highest BCUT2D eigenvalue weighted by molar-refractivity contribution is 5.95. The molecule has 2 aromatic carbocycles. The first-order valence-corrected chi connectivity index (χ1v) is 6.92. The second-order valence-electron chi connectivity index (χ2n) is 5.27. The number of nitrogens with one attached hydrogen (secondary N) is 1. The largest absolute Gasteiger partial charge is 0.355 e. The quantitative estimate of drug-likeness (QED) is 0.570. The first kappa shape index (κ1) is 14.0. The van der Waals surface area contributed by atoms with Gasteiger partial charge in [0.15, 0.2) is 0 Å². The molecule has 0 amide bonds. The molecule has 0 aliphatic heterocycles. The smallest absolute Gasteiger partial charge is 0.271 e. The Morgan fingerprint density at radius 3 is 2.73 bits per heavy atom. The van der Waals surface area contributed by atoms with Crippen LogP contribution >= 0.6 is 0 Å². The van der Waals surface area contributed by atoms with Crippen LogP contribution in [0, 0.1) is 24.0 Å². The number of hydrogen-bond donors (Lipinski definition) is 1. The van der Waals surface area contributed by atoms with Crippen molar-refractivity contribution in [1.82, 2.24) is 4.98 Å². The molecule has 0 saturated heterocycles. The van der Waals surface area contributed by atoms with E-state index in [-0.39, 0.29) is 5.69 Å². The summed E-state index contributed by atoms with van der Waals surface area (Å²) in [4.78, 5) is 14.9. The molecule has 22 heavy (non-hydrogen) atoms. The van der Waals surface area contributed by atoms with Crippen LogP contribution in [0.3, 0.4) is 0 Å². The van der Waals surface area contributed by atoms with Gasteiger partial charge in [0.2, 0.25) is 0 Å². The normalized spacial score (nSPS) is 10.6. The number of benzene rings is 2. The fourth-order valence-corrected chi connectivity index (χ4v) is 2.57. The zero-order valence-electron chi connectivity index (χ0n) is 12.3. The maximum atomic E-state index is 10.9. The van der Waals surface area contributed by atoms with Gasteiger partial charge in [-0.2, -0.15) is 0 Å². The second-order valence-corrected chi connectivity index (χ2v) is 5.27. The number of aromatic nitrogens is 1. The van der Waals surface area contributed by atoms with Gasteiger partial charge in [-0.1, -0.05) is 17.7 Å². The predicted molar refractivity (Wildman–Crippen MR) is 87.6 cm³/mol. The molecule has 3 rings (SSSR count). The van der Waals surface area contributed by atoms with Gasteiger partial charge in [-0.05, 0) is 37.6 Å². The summed E-state index contributed by atoms with van der Waals surface area (Å²) in [5, 5.41) is 15.1. The minimum atomic E-state index is -0.399. The summed E-state index contributed by atoms with van der Waals surface area (Å²) < 4.78 is 0. The van der Waals surface area contributed by atoms with E-state index in [1.165, 1.54) is 12.1 Å². The van der Waals surface area contributed by atoms with Crippen LogP contribution in [-0.4, -0.2) is 9.91 Å². The number of nitro benzene ring substituents is 1. The van der Waals surface area contributed by atoms with E-state index in [0.717, 1.165) is 27.7 Å². The second kappa shape index (κ2) is 5.44. The third-order valence-corrected chi connectivity index (χ3v) is 3.52. The Kier molecular flexibility index (Phi) is 3.47. The summed E-state index contributed by atoms with van der Waals surface area (Å²) in [5.41, 5.74) is 4.83. The molecule has 5 heteroatoms. The molecule has 3 aromatic rings. The van der Waals surface area contributed by atoms with Gasteiger partial charge in [-0.25, -0.2) is 0 Å². The highest BCUT2D eigenvalue weighted by atomic mass is 16.6. The molecule has 0 saturated carbocycles. The Bertz CT molecular complexity index is 875. The molecule has 0 radical (unpaired) electrons. The number of hydrogen-bond acceptors (Lipinski definition) is 4. The van der Waals surface area contributed by atoms with Gasteiger partial charge >= 0.3 is 0 Å². The van der Waals surface area contributed by atoms with Crippen LogP contribution < -0.4 is 5.32 Å². The Hall–Kier alpha value is -2.95. The van der Waals surface area contributed by atoms with Crippen molar-refractivity contribution in [3.63, 3.8) is 0 Å². The van der Waals surface area contributed by atoms with Crippen molar-refractivity contribution >= 4 is 28.0 Å². The lowest BCUT2D eigenvalue weighted by Gasteiger charge is -2.11. The maximum absolute atomic E-state index is 10.9. The lowest BCUT2D eigenvalue weighted by Crippen LogP contribution is -1.95. The van der Waals surface area contributed by atoms with Gasteiger partial charge < -0.3 is 5.32 Å². The van der Waals surface area contributed by atoms with Gasteiger partial charge in [-0.15, -0.1) is 0 Å². The fraction of sp³-hybridized carbons (Fsp3) is 0.118. The molecule has 0 aliphatic rings. The molecule has 1 heterocycles. The van der Waals surface area contributed by atoms with Crippen molar-refractivity contribution < 1.29 is 4.92 Å². The van der Waals surface area contributed by atoms with Crippen LogP contribution in [0.2, 0.25) is 0 Å². The maximum Gasteiger partial charge on any atom is 0.271 e. The predicted octanol–water partition coefficient (Wildman–Crippen LogP) is 4.50. The molecule has 0 bridgehead atoms. The Labute approximate surface area is 127 Å². The standard InChI is InChI=1S/C17H15N3O2/c1-11-8-12(2)17-15(9-11)16(6-7-18-17)19-13-4-3-5-14(10-13)20(21)22/h3-10H,1-2H3,(H,18,19). The van der Waals surface area contributed by atoms with Crippen LogP contribution in [0.1, 0.15) is 11.1 Å². The van der Waals surface area contributed by atoms with Gasteiger partial charge in [-0.3, -0.25) is 15.1 Å². The third kappa shape index (κ3) is 2.61. The third-order valence-electron chi connectivity index (χ3n) is 3.52. The molecule has 110 valence electrons. The molecule has 0 unspecified atom stereocenters. The van der Waals surface area contributed by atoms with E-state index in [2.05, 4.69) is 22.4 Å². The van der Waals surface area contributed by atoms with Crippen molar-refractivity contribution in [2.24, 2.45) is 0 Å². The Morgan fingerprint density at radius 2 is 1.95 bits per heavy atom. The topological polar surface area (TPSA) is 68.1 Å². The average molecular weight is 293 g/mol. The summed E-state index contributed by atoms with van der Waals surface area (Å²) in [6.07, 6.45) is 1.74. The van der Waals surface area contributed by atoms with E-state index in [0.29, 0.717) is 5.69 Å². The molecule has 0 spiro atoms. The van der Waals surface area contributed by atoms with Crippen molar-refractivity contribution in [2.45, 2.75) is 13.8 Å². The van der Waals surface area contributed by atoms with Gasteiger partial charge in [0.25, 0.3) is 5.69 Å². The molecule has 0 fully saturated rings. The number of pyridine rings is 1. The molecule has 0 aliphatic carbocycles. The minimum Gasteiger partial charge on any atom is -0.355 e. The van der Waals surface area contributed by atoms with Crippen LogP contribution in [0.5, 0.6) is 0 Å². The van der Waals surface area contributed by atoms with E-state index >= 15 is 0 Å². The van der Waals surface area contributed by atoms with Crippen molar-refractivity contribution in [1.29, 1.82) is 0 Å². The summed E-state index contributed by atoms with van der Waals surface area (Å²) in [5.74, 6) is 0. The van der Waals surface area contributed by atoms with E-state index in [1.54, 1.807) is 12.3 Å². The highest BCUT2D eigenvalue weighted by Gasteiger charge is 2.08. The summed E-state index contributed by atoms with van der Waals surface area (Å²) in [7, 11) is 0. The highest BCUT2D eigenvalue weighted by Crippen LogP contribution is 2.29. The SMILES string of the molecule is Cc1cc(C)c2nccc(Nc3cccc([N+](=O)[O-])c3)c2c1. The number of rotatable bonds is 3. The number of nitro groups is 1. The van der Waals surface area contributed by atoms with Crippen molar-refractivity contribution in [3.8, 4) is 0 Å². The zero-order chi connectivity index (χ0) is 15.7. The Balaban J connectivity index is 2.08. The molecule has 5 nitrogen and oxygen atoms in total. The minimum absolute atomic E-state index is 0.0655. The summed E-state index contributed by atoms with van der Waals surface area (Å²) >= 11 is 0. The summed E-state index contributed by atoms with van der Waals surface area (Å²) in [6.45, 7) is 4.07. The van der Waals surface area contributed by atoms with Crippen molar-refractivity contribution in [2.75, 3.05) is 5.32 Å². The fourth-order valence-electron chi connectivity index (χ4n) is 2.57. The lowest BCUT2D eigenvalue weighted by molar-refractivity contribution is -0.384. The van der Waals surface area contributed by atoms with Crippen molar-refractivity contribution in [3.05, 3.63) is 69.9 Å². The van der Waals surface area contributed by atoms with E-state index in [4.69, 9.17) is 0 Å². The molecular weight excluding hydrogens is 278 g/mol. The molecule has 0 atom stereocenters. The van der Waals surface area contributed by atoms with Gasteiger partial charge in [0.05, 0.1) is 10.4 Å². The molecular formula is C17H15N3O2. The first-order valence-electron chi connectivity index (χ1n) is 6.92. The summed E-state index contributed by atoms with van der Waals surface area (Å²) in [6, 6.07) is 12.5. The molecule has 1 N–H and O–H groups in total. The van der Waals surface area contributed by atoms with Gasteiger partial charge in [0.1, 0.15) is 0 Å². The first-order chi connectivity index (χ1) is 10.5. The van der Waals surface area contributed by atoms with Crippen LogP contribution in [0.4, 0.5) is 17.1 Å². The number of fused-ring (bicyclic) bond motifs is 1. The van der Waals surface area contributed by atoms with E-state index < -0.39 is 4.92 Å². The van der Waals surface area contributed by atoms with E-state index in [1.807, 2.05) is 26.0 Å². The molecule has 1 aromatic heterocycles. The van der Waals surface area contributed by atoms with Crippen LogP contribution in [-0.2, 0) is 0 Å². The van der Waals surface area contributed by atoms with E-state index in [9.17, 15) is 10.1 Å². The number of nitrogens with zero attached hydrogens (tertiary/aromatic N) is 2. The zero-order valence-corrected chi connectivity index (χ0v) is 12.3. The Morgan fingerprint density at radius 1 is 1.14 bits per heavy atom. The number of aryl methyl sites for hydroxylation is 2. The number of non-ortho nitro benzene ring substituents is 1. The average Bonchev–Trinajstić information content (AvgIpc) is 2.48. The van der Waals surface area contributed by atoms with Gasteiger partial charge in [0, 0.05) is 35.1 Å². The lowest BCUT2D eigenvalue weighted by atomic mass is 10.1. The van der Waals surface area contributed by atoms with Crippen LogP contribution in [0.25, 0.3) is 10.9 Å².